The van der Waals surface area contributed by atoms with Gasteiger partial charge in [0.2, 0.25) is 5.89 Å². The number of rotatable bonds is 3. The minimum absolute atomic E-state index is 0. The lowest BCUT2D eigenvalue weighted by Gasteiger charge is -2.21. The first-order valence-corrected chi connectivity index (χ1v) is 8.39. The van der Waals surface area contributed by atoms with Crippen LogP contribution >= 0.6 is 12.4 Å². The fourth-order valence-electron chi connectivity index (χ4n) is 4.40. The molecule has 0 radical (unpaired) electrons. The quantitative estimate of drug-likeness (QED) is 0.919. The molecule has 21 heavy (non-hydrogen) atoms. The Morgan fingerprint density at radius 2 is 1.76 bits per heavy atom. The topological polar surface area (TPSA) is 64.9 Å². The standard InChI is InChI=1S/C16H25N3O.ClH/c17-16(8-4-5-9-16)15-18-14(20-19-15)13-10-12(13)11-6-2-1-3-7-11;/h11-13H,1-10,17H2;1H. The van der Waals surface area contributed by atoms with Gasteiger partial charge < -0.3 is 10.3 Å². The number of aromatic nitrogens is 2. The molecule has 1 heterocycles. The third-order valence-corrected chi connectivity index (χ3v) is 5.80. The molecule has 0 bridgehead atoms. The number of hydrogen-bond acceptors (Lipinski definition) is 4. The molecule has 2 N–H and O–H groups in total. The Kier molecular flexibility index (Phi) is 4.28. The molecule has 0 saturated heterocycles. The van der Waals surface area contributed by atoms with Gasteiger partial charge in [-0.25, -0.2) is 0 Å². The molecule has 1 aromatic heterocycles. The molecule has 5 heteroatoms. The molecule has 2 atom stereocenters. The normalized spacial score (nSPS) is 31.9. The highest BCUT2D eigenvalue weighted by Crippen LogP contribution is 2.55. The van der Waals surface area contributed by atoms with E-state index in [4.69, 9.17) is 10.3 Å². The lowest BCUT2D eigenvalue weighted by molar-refractivity contribution is 0.303. The number of nitrogens with two attached hydrogens (primary N) is 1. The van der Waals surface area contributed by atoms with Crippen molar-refractivity contribution in [3.05, 3.63) is 11.7 Å². The van der Waals surface area contributed by atoms with Gasteiger partial charge in [-0.15, -0.1) is 12.4 Å². The summed E-state index contributed by atoms with van der Waals surface area (Å²) in [5.41, 5.74) is 6.10. The molecule has 118 valence electrons. The Morgan fingerprint density at radius 1 is 1.05 bits per heavy atom. The summed E-state index contributed by atoms with van der Waals surface area (Å²) in [5.74, 6) is 3.87. The third-order valence-electron chi connectivity index (χ3n) is 5.80. The smallest absolute Gasteiger partial charge is 0.230 e. The van der Waals surface area contributed by atoms with Crippen LogP contribution in [0.15, 0.2) is 4.52 Å². The van der Waals surface area contributed by atoms with Crippen molar-refractivity contribution in [1.29, 1.82) is 0 Å². The summed E-state index contributed by atoms with van der Waals surface area (Å²) in [6.45, 7) is 0. The highest BCUT2D eigenvalue weighted by atomic mass is 35.5. The van der Waals surface area contributed by atoms with Gasteiger partial charge in [0.1, 0.15) is 0 Å². The number of halogens is 1. The van der Waals surface area contributed by atoms with Gasteiger partial charge in [-0.05, 0) is 31.1 Å². The molecular weight excluding hydrogens is 286 g/mol. The number of hydrogen-bond donors (Lipinski definition) is 1. The van der Waals surface area contributed by atoms with E-state index in [1.54, 1.807) is 0 Å². The van der Waals surface area contributed by atoms with Crippen LogP contribution in [-0.2, 0) is 5.54 Å². The van der Waals surface area contributed by atoms with E-state index in [0.29, 0.717) is 5.92 Å². The average molecular weight is 312 g/mol. The summed E-state index contributed by atoms with van der Waals surface area (Å²) < 4.78 is 5.55. The first kappa shape index (κ1) is 15.3. The van der Waals surface area contributed by atoms with E-state index in [9.17, 15) is 0 Å². The molecule has 3 aliphatic carbocycles. The molecule has 1 aromatic rings. The average Bonchev–Trinajstić information content (AvgIpc) is 2.90. The van der Waals surface area contributed by atoms with Gasteiger partial charge in [-0.3, -0.25) is 0 Å². The van der Waals surface area contributed by atoms with Gasteiger partial charge in [-0.2, -0.15) is 4.98 Å². The maximum atomic E-state index is 6.41. The zero-order chi connectivity index (χ0) is 13.6. The summed E-state index contributed by atoms with van der Waals surface area (Å²) in [6, 6.07) is 0. The molecule has 0 aliphatic heterocycles. The van der Waals surface area contributed by atoms with Crippen LogP contribution in [0.4, 0.5) is 0 Å². The van der Waals surface area contributed by atoms with Crippen molar-refractivity contribution < 1.29 is 4.52 Å². The minimum Gasteiger partial charge on any atom is -0.339 e. The van der Waals surface area contributed by atoms with Crippen LogP contribution in [0.1, 0.15) is 81.8 Å². The predicted molar refractivity (Wildman–Crippen MR) is 83.3 cm³/mol. The van der Waals surface area contributed by atoms with Crippen molar-refractivity contribution in [3.63, 3.8) is 0 Å². The number of nitrogens with zero attached hydrogens (tertiary/aromatic N) is 2. The zero-order valence-corrected chi connectivity index (χ0v) is 13.4. The second-order valence-electron chi connectivity index (χ2n) is 7.22. The molecule has 3 fully saturated rings. The molecular formula is C16H26ClN3O. The van der Waals surface area contributed by atoms with E-state index in [1.807, 2.05) is 0 Å². The monoisotopic (exact) mass is 311 g/mol. The molecule has 3 saturated carbocycles. The van der Waals surface area contributed by atoms with Crippen LogP contribution in [0.3, 0.4) is 0 Å². The summed E-state index contributed by atoms with van der Waals surface area (Å²) in [6.07, 6.45) is 12.7. The third kappa shape index (κ3) is 2.85. The van der Waals surface area contributed by atoms with Crippen LogP contribution in [0, 0.1) is 11.8 Å². The van der Waals surface area contributed by atoms with Crippen LogP contribution in [0.25, 0.3) is 0 Å². The lowest BCUT2D eigenvalue weighted by atomic mass is 9.85. The van der Waals surface area contributed by atoms with Crippen molar-refractivity contribution in [1.82, 2.24) is 10.1 Å². The molecule has 4 rings (SSSR count). The van der Waals surface area contributed by atoms with E-state index >= 15 is 0 Å². The van der Waals surface area contributed by atoms with Crippen molar-refractivity contribution in [2.24, 2.45) is 17.6 Å². The fraction of sp³-hybridized carbons (Fsp3) is 0.875. The second kappa shape index (κ2) is 5.88. The van der Waals surface area contributed by atoms with Gasteiger partial charge in [0.05, 0.1) is 5.54 Å². The summed E-state index contributed by atoms with van der Waals surface area (Å²) in [5, 5.41) is 4.20. The van der Waals surface area contributed by atoms with Gasteiger partial charge in [0.15, 0.2) is 5.82 Å². The van der Waals surface area contributed by atoms with E-state index < -0.39 is 0 Å². The maximum absolute atomic E-state index is 6.41. The molecule has 0 spiro atoms. The molecule has 0 aromatic carbocycles. The summed E-state index contributed by atoms with van der Waals surface area (Å²) in [4.78, 5) is 4.67. The molecule has 2 unspecified atom stereocenters. The Balaban J connectivity index is 0.00000132. The SMILES string of the molecule is Cl.NC1(c2noc(C3CC3C3CCCCC3)n2)CCCC1. The minimum atomic E-state index is -0.309. The highest BCUT2D eigenvalue weighted by Gasteiger charge is 2.48. The van der Waals surface area contributed by atoms with Gasteiger partial charge in [-0.1, -0.05) is 50.1 Å². The predicted octanol–water partition coefficient (Wildman–Crippen LogP) is 3.90. The van der Waals surface area contributed by atoms with Crippen LogP contribution in [-0.4, -0.2) is 10.1 Å². The first-order valence-electron chi connectivity index (χ1n) is 8.39. The lowest BCUT2D eigenvalue weighted by Crippen LogP contribution is -2.34. The van der Waals surface area contributed by atoms with E-state index in [1.165, 1.54) is 51.4 Å². The molecule has 4 nitrogen and oxygen atoms in total. The summed E-state index contributed by atoms with van der Waals surface area (Å²) >= 11 is 0. The first-order chi connectivity index (χ1) is 9.76. The van der Waals surface area contributed by atoms with Gasteiger partial charge in [0, 0.05) is 5.92 Å². The van der Waals surface area contributed by atoms with E-state index in [2.05, 4.69) is 10.1 Å². The molecule has 3 aliphatic rings. The van der Waals surface area contributed by atoms with Crippen LogP contribution < -0.4 is 5.73 Å². The molecule has 0 amide bonds. The van der Waals surface area contributed by atoms with Crippen molar-refractivity contribution >= 4 is 12.4 Å². The van der Waals surface area contributed by atoms with Crippen molar-refractivity contribution in [3.8, 4) is 0 Å². The van der Waals surface area contributed by atoms with Crippen LogP contribution in [0.2, 0.25) is 0 Å². The van der Waals surface area contributed by atoms with Crippen molar-refractivity contribution in [2.75, 3.05) is 0 Å². The van der Waals surface area contributed by atoms with Gasteiger partial charge in [0.25, 0.3) is 0 Å². The Bertz CT molecular complexity index is 478. The summed E-state index contributed by atoms with van der Waals surface area (Å²) in [7, 11) is 0. The van der Waals surface area contributed by atoms with Gasteiger partial charge >= 0.3 is 0 Å². The van der Waals surface area contributed by atoms with E-state index in [0.717, 1.165) is 36.4 Å². The van der Waals surface area contributed by atoms with Crippen LogP contribution in [0.5, 0.6) is 0 Å². The van der Waals surface area contributed by atoms with Crippen molar-refractivity contribution in [2.45, 2.75) is 75.7 Å². The second-order valence-corrected chi connectivity index (χ2v) is 7.22. The Labute approximate surface area is 132 Å². The van der Waals surface area contributed by atoms with E-state index in [-0.39, 0.29) is 17.9 Å². The Morgan fingerprint density at radius 3 is 2.48 bits per heavy atom. The Hall–Kier alpha value is -0.610. The maximum Gasteiger partial charge on any atom is 0.230 e. The zero-order valence-electron chi connectivity index (χ0n) is 12.6. The highest BCUT2D eigenvalue weighted by molar-refractivity contribution is 5.85. The fourth-order valence-corrected chi connectivity index (χ4v) is 4.40. The largest absolute Gasteiger partial charge is 0.339 e.